The Morgan fingerprint density at radius 3 is 2.72 bits per heavy atom. The second kappa shape index (κ2) is 6.15. The molecule has 0 bridgehead atoms. The average Bonchev–Trinajstić information content (AvgIpc) is 2.99. The van der Waals surface area contributed by atoms with Crippen LogP contribution in [0.1, 0.15) is 32.8 Å². The molecule has 0 saturated heterocycles. The molecule has 3 rings (SSSR count). The number of amides is 2. The first kappa shape index (κ1) is 16.9. The zero-order valence-corrected chi connectivity index (χ0v) is 14.3. The number of aromatic amines is 1. The van der Waals surface area contributed by atoms with E-state index in [4.69, 9.17) is 0 Å². The Labute approximate surface area is 144 Å². The van der Waals surface area contributed by atoms with Gasteiger partial charge in [-0.1, -0.05) is 0 Å². The van der Waals surface area contributed by atoms with Crippen LogP contribution in [0.25, 0.3) is 11.4 Å². The molecule has 0 fully saturated rings. The van der Waals surface area contributed by atoms with Crippen molar-refractivity contribution in [2.45, 2.75) is 45.2 Å². The number of aromatic nitrogens is 4. The normalized spacial score (nSPS) is 17.4. The highest BCUT2D eigenvalue weighted by molar-refractivity contribution is 5.98. The van der Waals surface area contributed by atoms with Crippen molar-refractivity contribution < 1.29 is 14.7 Å². The van der Waals surface area contributed by atoms with Crippen LogP contribution in [-0.2, 0) is 11.2 Å². The van der Waals surface area contributed by atoms with Gasteiger partial charge in [0.25, 0.3) is 0 Å². The summed E-state index contributed by atoms with van der Waals surface area (Å²) in [6.45, 7) is 5.34. The molecule has 0 aliphatic carbocycles. The van der Waals surface area contributed by atoms with Crippen molar-refractivity contribution in [1.29, 1.82) is 0 Å². The maximum Gasteiger partial charge on any atom is 0.408 e. The molecule has 9 nitrogen and oxygen atoms in total. The van der Waals surface area contributed by atoms with Crippen molar-refractivity contribution >= 4 is 17.7 Å². The molecular weight excluding hydrogens is 324 g/mol. The van der Waals surface area contributed by atoms with E-state index in [2.05, 4.69) is 25.9 Å². The molecule has 132 valence electrons. The van der Waals surface area contributed by atoms with Crippen molar-refractivity contribution in [3.63, 3.8) is 0 Å². The fourth-order valence-electron chi connectivity index (χ4n) is 3.12. The lowest BCUT2D eigenvalue weighted by Crippen LogP contribution is -2.55. The molecule has 9 heteroatoms. The molecule has 1 aliphatic rings. The van der Waals surface area contributed by atoms with E-state index in [0.29, 0.717) is 24.4 Å². The SMILES string of the molecule is CC(C)(C)N(C(=O)O)C1CCc2cc(-c3nn[nH]n3)ccc2NC1=O. The highest BCUT2D eigenvalue weighted by atomic mass is 16.4. The third-order valence-electron chi connectivity index (χ3n) is 4.20. The summed E-state index contributed by atoms with van der Waals surface area (Å²) in [5.41, 5.74) is 1.70. The van der Waals surface area contributed by atoms with Crippen LogP contribution in [0.2, 0.25) is 0 Å². The van der Waals surface area contributed by atoms with E-state index in [1.807, 2.05) is 6.07 Å². The van der Waals surface area contributed by atoms with Crippen molar-refractivity contribution in [3.05, 3.63) is 23.8 Å². The van der Waals surface area contributed by atoms with Crippen LogP contribution < -0.4 is 5.32 Å². The first-order valence-electron chi connectivity index (χ1n) is 7.97. The Morgan fingerprint density at radius 1 is 1.36 bits per heavy atom. The summed E-state index contributed by atoms with van der Waals surface area (Å²) in [6, 6.07) is 4.72. The Morgan fingerprint density at radius 2 is 2.12 bits per heavy atom. The molecule has 1 aliphatic heterocycles. The molecule has 0 radical (unpaired) electrons. The number of hydrogen-bond acceptors (Lipinski definition) is 5. The van der Waals surface area contributed by atoms with Gasteiger partial charge < -0.3 is 10.4 Å². The number of carbonyl (C=O) groups excluding carboxylic acids is 1. The van der Waals surface area contributed by atoms with E-state index in [1.54, 1.807) is 32.9 Å². The number of fused-ring (bicyclic) bond motifs is 1. The monoisotopic (exact) mass is 344 g/mol. The van der Waals surface area contributed by atoms with Crippen LogP contribution in [0.4, 0.5) is 10.5 Å². The summed E-state index contributed by atoms with van der Waals surface area (Å²) in [5.74, 6) is 0.153. The first-order chi connectivity index (χ1) is 11.8. The van der Waals surface area contributed by atoms with Crippen LogP contribution in [0.15, 0.2) is 18.2 Å². The predicted molar refractivity (Wildman–Crippen MR) is 90.0 cm³/mol. The second-order valence-electron chi connectivity index (χ2n) is 6.97. The van der Waals surface area contributed by atoms with E-state index in [9.17, 15) is 14.7 Å². The number of benzene rings is 1. The zero-order valence-electron chi connectivity index (χ0n) is 14.3. The number of anilines is 1. The Kier molecular flexibility index (Phi) is 4.15. The zero-order chi connectivity index (χ0) is 18.2. The van der Waals surface area contributed by atoms with Crippen molar-refractivity contribution in [3.8, 4) is 11.4 Å². The summed E-state index contributed by atoms with van der Waals surface area (Å²) in [5, 5.41) is 26.3. The van der Waals surface area contributed by atoms with Gasteiger partial charge in [-0.2, -0.15) is 5.21 Å². The van der Waals surface area contributed by atoms with Gasteiger partial charge in [0.2, 0.25) is 11.7 Å². The average molecular weight is 344 g/mol. The number of nitrogens with zero attached hydrogens (tertiary/aromatic N) is 4. The third kappa shape index (κ3) is 3.30. The summed E-state index contributed by atoms with van der Waals surface area (Å²) in [6.07, 6.45) is -0.145. The molecule has 1 aromatic carbocycles. The molecule has 1 aromatic heterocycles. The Bertz CT molecular complexity index is 797. The highest BCUT2D eigenvalue weighted by Gasteiger charge is 2.38. The third-order valence-corrected chi connectivity index (χ3v) is 4.20. The number of carbonyl (C=O) groups is 2. The predicted octanol–water partition coefficient (Wildman–Crippen LogP) is 1.90. The Balaban J connectivity index is 1.91. The molecule has 2 heterocycles. The number of nitrogens with one attached hydrogen (secondary N) is 2. The summed E-state index contributed by atoms with van der Waals surface area (Å²) >= 11 is 0. The van der Waals surface area contributed by atoms with Crippen molar-refractivity contribution in [2.75, 3.05) is 5.32 Å². The van der Waals surface area contributed by atoms with Crippen LogP contribution in [0, 0.1) is 0 Å². The van der Waals surface area contributed by atoms with Crippen LogP contribution in [0.5, 0.6) is 0 Å². The molecule has 3 N–H and O–H groups in total. The quantitative estimate of drug-likeness (QED) is 0.764. The van der Waals surface area contributed by atoms with Gasteiger partial charge in [-0.3, -0.25) is 9.69 Å². The summed E-state index contributed by atoms with van der Waals surface area (Å²) in [4.78, 5) is 25.5. The van der Waals surface area contributed by atoms with Gasteiger partial charge in [0.1, 0.15) is 6.04 Å². The lowest BCUT2D eigenvalue weighted by molar-refractivity contribution is -0.122. The molecule has 1 atom stereocenters. The van der Waals surface area contributed by atoms with E-state index < -0.39 is 17.7 Å². The van der Waals surface area contributed by atoms with Crippen LogP contribution in [-0.4, -0.2) is 54.2 Å². The Hall–Kier alpha value is -2.97. The molecule has 25 heavy (non-hydrogen) atoms. The number of carboxylic acid groups (broad SMARTS) is 1. The summed E-state index contributed by atoms with van der Waals surface area (Å²) in [7, 11) is 0. The van der Waals surface area contributed by atoms with E-state index in [-0.39, 0.29) is 5.91 Å². The number of hydrogen-bond donors (Lipinski definition) is 3. The first-order valence-corrected chi connectivity index (χ1v) is 7.97. The molecule has 2 aromatic rings. The lowest BCUT2D eigenvalue weighted by atomic mass is 9.98. The smallest absolute Gasteiger partial charge is 0.408 e. The van der Waals surface area contributed by atoms with Crippen LogP contribution >= 0.6 is 0 Å². The fraction of sp³-hybridized carbons (Fsp3) is 0.438. The van der Waals surface area contributed by atoms with Gasteiger partial charge in [-0.15, -0.1) is 10.2 Å². The molecule has 1 unspecified atom stereocenters. The molecule has 0 saturated carbocycles. The number of tetrazole rings is 1. The number of aryl methyl sites for hydroxylation is 1. The fourth-order valence-corrected chi connectivity index (χ4v) is 3.12. The minimum Gasteiger partial charge on any atom is -0.465 e. The largest absolute Gasteiger partial charge is 0.465 e. The highest BCUT2D eigenvalue weighted by Crippen LogP contribution is 2.30. The summed E-state index contributed by atoms with van der Waals surface area (Å²) < 4.78 is 0. The maximum absolute atomic E-state index is 12.6. The van der Waals surface area contributed by atoms with Gasteiger partial charge in [-0.25, -0.2) is 4.79 Å². The van der Waals surface area contributed by atoms with Gasteiger partial charge >= 0.3 is 6.09 Å². The van der Waals surface area contributed by atoms with Gasteiger partial charge in [0, 0.05) is 16.8 Å². The molecule has 2 amide bonds. The van der Waals surface area contributed by atoms with E-state index >= 15 is 0 Å². The van der Waals surface area contributed by atoms with Crippen molar-refractivity contribution in [1.82, 2.24) is 25.5 Å². The minimum absolute atomic E-state index is 0.316. The number of H-pyrrole nitrogens is 1. The molecule has 0 spiro atoms. The minimum atomic E-state index is -1.11. The topological polar surface area (TPSA) is 124 Å². The van der Waals surface area contributed by atoms with Gasteiger partial charge in [-0.05, 0) is 62.6 Å². The van der Waals surface area contributed by atoms with Crippen molar-refractivity contribution in [2.24, 2.45) is 0 Å². The standard InChI is InChI=1S/C16H20N6O3/c1-16(2,3)22(15(24)25)12-7-5-9-8-10(13-18-20-21-19-13)4-6-11(9)17-14(12)23/h4,6,8,12H,5,7H2,1-3H3,(H,17,23)(H,24,25)(H,18,19,20,21). The van der Waals surface area contributed by atoms with Gasteiger partial charge in [0.15, 0.2) is 0 Å². The lowest BCUT2D eigenvalue weighted by Gasteiger charge is -2.38. The van der Waals surface area contributed by atoms with E-state index in [1.165, 1.54) is 4.90 Å². The second-order valence-corrected chi connectivity index (χ2v) is 6.97. The number of rotatable bonds is 2. The van der Waals surface area contributed by atoms with Crippen LogP contribution in [0.3, 0.4) is 0 Å². The maximum atomic E-state index is 12.6. The molecular formula is C16H20N6O3. The van der Waals surface area contributed by atoms with E-state index in [0.717, 1.165) is 11.1 Å². The van der Waals surface area contributed by atoms with Gasteiger partial charge in [0.05, 0.1) is 0 Å².